The Morgan fingerprint density at radius 3 is 2.67 bits per heavy atom. The number of rotatable bonds is 6. The van der Waals surface area contributed by atoms with Crippen molar-refractivity contribution in [3.8, 4) is 11.4 Å². The predicted octanol–water partition coefficient (Wildman–Crippen LogP) is 2.95. The van der Waals surface area contributed by atoms with Gasteiger partial charge in [-0.15, -0.1) is 10.2 Å². The van der Waals surface area contributed by atoms with Gasteiger partial charge in [0.2, 0.25) is 0 Å². The Kier molecular flexibility index (Phi) is 4.90. The SMILES string of the molecule is CC(Sc1nnc(-c2cccnc2)n1Cc1ccccc1)C(=O)O. The molecule has 6 nitrogen and oxygen atoms in total. The molecule has 3 rings (SSSR count). The molecule has 0 spiro atoms. The second kappa shape index (κ2) is 7.27. The molecule has 1 unspecified atom stereocenters. The van der Waals surface area contributed by atoms with Gasteiger partial charge < -0.3 is 5.11 Å². The predicted molar refractivity (Wildman–Crippen MR) is 91.8 cm³/mol. The molecular weight excluding hydrogens is 324 g/mol. The number of carboxylic acids is 1. The molecule has 3 aromatic rings. The summed E-state index contributed by atoms with van der Waals surface area (Å²) in [6.45, 7) is 2.20. The number of hydrogen-bond acceptors (Lipinski definition) is 5. The number of aromatic nitrogens is 4. The van der Waals surface area contributed by atoms with Crippen LogP contribution < -0.4 is 0 Å². The van der Waals surface area contributed by atoms with E-state index in [1.807, 2.05) is 47.0 Å². The minimum atomic E-state index is -0.878. The van der Waals surface area contributed by atoms with Crippen LogP contribution in [0.25, 0.3) is 11.4 Å². The lowest BCUT2D eigenvalue weighted by molar-refractivity contribution is -0.136. The zero-order valence-corrected chi connectivity index (χ0v) is 13.8. The van der Waals surface area contributed by atoms with E-state index in [4.69, 9.17) is 5.11 Å². The fourth-order valence-electron chi connectivity index (χ4n) is 2.20. The molecule has 24 heavy (non-hydrogen) atoms. The number of pyridine rings is 1. The molecule has 0 aliphatic heterocycles. The van der Waals surface area contributed by atoms with E-state index >= 15 is 0 Å². The number of carbonyl (C=O) groups is 1. The topological polar surface area (TPSA) is 80.9 Å². The number of carboxylic acid groups (broad SMARTS) is 1. The van der Waals surface area contributed by atoms with Gasteiger partial charge in [-0.2, -0.15) is 0 Å². The number of nitrogens with zero attached hydrogens (tertiary/aromatic N) is 4. The highest BCUT2D eigenvalue weighted by Crippen LogP contribution is 2.27. The number of aliphatic carboxylic acids is 1. The molecule has 0 radical (unpaired) electrons. The molecule has 0 aliphatic rings. The second-order valence-electron chi connectivity index (χ2n) is 5.22. The van der Waals surface area contributed by atoms with Crippen LogP contribution >= 0.6 is 11.8 Å². The highest BCUT2D eigenvalue weighted by molar-refractivity contribution is 8.00. The van der Waals surface area contributed by atoms with Crippen molar-refractivity contribution < 1.29 is 9.90 Å². The normalized spacial score (nSPS) is 12.0. The lowest BCUT2D eigenvalue weighted by Crippen LogP contribution is -2.13. The van der Waals surface area contributed by atoms with Gasteiger partial charge in [0.1, 0.15) is 5.25 Å². The number of thioether (sulfide) groups is 1. The summed E-state index contributed by atoms with van der Waals surface area (Å²) in [6, 6.07) is 13.7. The standard InChI is InChI=1S/C17H16N4O2S/c1-12(16(22)23)24-17-20-19-15(14-8-5-9-18-10-14)21(17)11-13-6-3-2-4-7-13/h2-10,12H,11H2,1H3,(H,22,23). The van der Waals surface area contributed by atoms with Gasteiger partial charge in [0.25, 0.3) is 0 Å². The molecule has 7 heteroatoms. The summed E-state index contributed by atoms with van der Waals surface area (Å²) in [5, 5.41) is 17.6. The highest BCUT2D eigenvalue weighted by atomic mass is 32.2. The highest BCUT2D eigenvalue weighted by Gasteiger charge is 2.20. The van der Waals surface area contributed by atoms with Crippen molar-refractivity contribution in [3.63, 3.8) is 0 Å². The third-order valence-corrected chi connectivity index (χ3v) is 4.52. The van der Waals surface area contributed by atoms with Gasteiger partial charge >= 0.3 is 5.97 Å². The molecule has 0 bridgehead atoms. The Morgan fingerprint density at radius 1 is 1.21 bits per heavy atom. The molecule has 122 valence electrons. The molecule has 2 heterocycles. The fraction of sp³-hybridized carbons (Fsp3) is 0.176. The van der Waals surface area contributed by atoms with Crippen molar-refractivity contribution in [3.05, 3.63) is 60.4 Å². The van der Waals surface area contributed by atoms with Gasteiger partial charge in [-0.3, -0.25) is 14.3 Å². The zero-order chi connectivity index (χ0) is 16.9. The fourth-order valence-corrected chi connectivity index (χ4v) is 2.98. The minimum absolute atomic E-state index is 0.562. The van der Waals surface area contributed by atoms with Crippen molar-refractivity contribution in [1.29, 1.82) is 0 Å². The van der Waals surface area contributed by atoms with Crippen LogP contribution in [-0.2, 0) is 11.3 Å². The third-order valence-electron chi connectivity index (χ3n) is 3.45. The van der Waals surface area contributed by atoms with E-state index in [-0.39, 0.29) is 0 Å². The summed E-state index contributed by atoms with van der Waals surface area (Å²) in [5.74, 6) is -0.204. The van der Waals surface area contributed by atoms with E-state index in [1.54, 1.807) is 19.3 Å². The van der Waals surface area contributed by atoms with E-state index in [1.165, 1.54) is 11.8 Å². The summed E-state index contributed by atoms with van der Waals surface area (Å²) in [4.78, 5) is 15.3. The molecule has 0 saturated carbocycles. The van der Waals surface area contributed by atoms with Crippen molar-refractivity contribution in [2.24, 2.45) is 0 Å². The first-order valence-corrected chi connectivity index (χ1v) is 8.30. The summed E-state index contributed by atoms with van der Waals surface area (Å²) in [6.07, 6.45) is 3.42. The van der Waals surface area contributed by atoms with Crippen LogP contribution in [0.5, 0.6) is 0 Å². The second-order valence-corrected chi connectivity index (χ2v) is 6.53. The van der Waals surface area contributed by atoms with Crippen LogP contribution in [0.15, 0.2) is 60.0 Å². The summed E-state index contributed by atoms with van der Waals surface area (Å²) in [5.41, 5.74) is 1.93. The summed E-state index contributed by atoms with van der Waals surface area (Å²) in [7, 11) is 0. The minimum Gasteiger partial charge on any atom is -0.480 e. The zero-order valence-electron chi connectivity index (χ0n) is 13.0. The van der Waals surface area contributed by atoms with Crippen LogP contribution in [0, 0.1) is 0 Å². The first-order valence-electron chi connectivity index (χ1n) is 7.42. The average molecular weight is 340 g/mol. The van der Waals surface area contributed by atoms with E-state index in [0.717, 1.165) is 11.1 Å². The molecule has 1 aromatic carbocycles. The Bertz CT molecular complexity index is 821. The quantitative estimate of drug-likeness (QED) is 0.695. The Morgan fingerprint density at radius 2 is 2.00 bits per heavy atom. The van der Waals surface area contributed by atoms with Crippen molar-refractivity contribution in [1.82, 2.24) is 19.7 Å². The third kappa shape index (κ3) is 3.62. The van der Waals surface area contributed by atoms with Crippen molar-refractivity contribution in [2.75, 3.05) is 0 Å². The van der Waals surface area contributed by atoms with Crippen molar-refractivity contribution in [2.45, 2.75) is 23.9 Å². The molecule has 1 atom stereocenters. The molecule has 0 amide bonds. The van der Waals surface area contributed by atoms with Gasteiger partial charge in [0.05, 0.1) is 6.54 Å². The van der Waals surface area contributed by atoms with E-state index in [0.29, 0.717) is 17.5 Å². The van der Waals surface area contributed by atoms with Gasteiger partial charge in [0.15, 0.2) is 11.0 Å². The van der Waals surface area contributed by atoms with Crippen LogP contribution in [0.3, 0.4) is 0 Å². The summed E-state index contributed by atoms with van der Waals surface area (Å²) >= 11 is 1.18. The number of benzene rings is 1. The van der Waals surface area contributed by atoms with Gasteiger partial charge in [-0.05, 0) is 24.6 Å². The van der Waals surface area contributed by atoms with Gasteiger partial charge in [0, 0.05) is 18.0 Å². The lowest BCUT2D eigenvalue weighted by Gasteiger charge is -2.11. The van der Waals surface area contributed by atoms with Crippen LogP contribution in [-0.4, -0.2) is 36.1 Å². The maximum atomic E-state index is 11.2. The molecule has 2 aromatic heterocycles. The summed E-state index contributed by atoms with van der Waals surface area (Å²) < 4.78 is 1.93. The van der Waals surface area contributed by atoms with Crippen LogP contribution in [0.4, 0.5) is 0 Å². The maximum absolute atomic E-state index is 11.2. The monoisotopic (exact) mass is 340 g/mol. The molecule has 1 N–H and O–H groups in total. The molecule has 0 aliphatic carbocycles. The van der Waals surface area contributed by atoms with Gasteiger partial charge in [-0.25, -0.2) is 0 Å². The van der Waals surface area contributed by atoms with E-state index in [9.17, 15) is 4.79 Å². The average Bonchev–Trinajstić information content (AvgIpc) is 2.99. The van der Waals surface area contributed by atoms with Crippen molar-refractivity contribution >= 4 is 17.7 Å². The van der Waals surface area contributed by atoms with E-state index < -0.39 is 11.2 Å². The first-order chi connectivity index (χ1) is 11.6. The van der Waals surface area contributed by atoms with E-state index in [2.05, 4.69) is 15.2 Å². The lowest BCUT2D eigenvalue weighted by atomic mass is 10.2. The molecular formula is C17H16N4O2S. The first kappa shape index (κ1) is 16.2. The number of hydrogen-bond donors (Lipinski definition) is 1. The molecule has 0 fully saturated rings. The maximum Gasteiger partial charge on any atom is 0.316 e. The Balaban J connectivity index is 2.00. The Hall–Kier alpha value is -2.67. The van der Waals surface area contributed by atoms with Gasteiger partial charge in [-0.1, -0.05) is 42.1 Å². The Labute approximate surface area is 143 Å². The van der Waals surface area contributed by atoms with Crippen LogP contribution in [0.2, 0.25) is 0 Å². The largest absolute Gasteiger partial charge is 0.480 e. The smallest absolute Gasteiger partial charge is 0.316 e. The molecule has 0 saturated heterocycles. The van der Waals surface area contributed by atoms with Crippen LogP contribution in [0.1, 0.15) is 12.5 Å².